The van der Waals surface area contributed by atoms with Crippen molar-refractivity contribution in [3.63, 3.8) is 0 Å². The largest absolute Gasteiger partial charge is 0.489 e. The Morgan fingerprint density at radius 1 is 0.971 bits per heavy atom. The zero-order valence-electron chi connectivity index (χ0n) is 19.6. The summed E-state index contributed by atoms with van der Waals surface area (Å²) < 4.78 is 34.1. The maximum atomic E-state index is 13.2. The van der Waals surface area contributed by atoms with E-state index in [1.807, 2.05) is 49.4 Å². The van der Waals surface area contributed by atoms with Crippen molar-refractivity contribution in [2.75, 3.05) is 26.2 Å². The number of carboxylic acid groups (broad SMARTS) is 1. The van der Waals surface area contributed by atoms with E-state index in [2.05, 4.69) is 11.0 Å². The molecule has 2 aliphatic rings. The highest BCUT2D eigenvalue weighted by Crippen LogP contribution is 2.40. The van der Waals surface area contributed by atoms with Crippen LogP contribution in [0.2, 0.25) is 0 Å². The third kappa shape index (κ3) is 4.69. The van der Waals surface area contributed by atoms with E-state index < -0.39 is 16.0 Å². The molecule has 0 aliphatic carbocycles. The molecule has 0 radical (unpaired) electrons. The van der Waals surface area contributed by atoms with E-state index in [9.17, 15) is 18.3 Å². The number of benzene rings is 3. The molecule has 3 aromatic rings. The lowest BCUT2D eigenvalue weighted by Gasteiger charge is -2.39. The molecule has 5 rings (SSSR count). The Bertz CT molecular complexity index is 1350. The number of carbonyl (C=O) groups is 1. The fourth-order valence-electron chi connectivity index (χ4n) is 4.94. The number of fused-ring (bicyclic) bond motifs is 2. The van der Waals surface area contributed by atoms with Crippen LogP contribution < -0.4 is 4.74 Å². The van der Waals surface area contributed by atoms with Crippen LogP contribution in [0.4, 0.5) is 0 Å². The fourth-order valence-corrected chi connectivity index (χ4v) is 6.36. The van der Waals surface area contributed by atoms with Crippen molar-refractivity contribution in [2.24, 2.45) is 0 Å². The van der Waals surface area contributed by atoms with Crippen molar-refractivity contribution < 1.29 is 23.1 Å². The smallest absolute Gasteiger partial charge is 0.307 e. The lowest BCUT2D eigenvalue weighted by molar-refractivity contribution is -0.136. The van der Waals surface area contributed by atoms with Crippen LogP contribution >= 0.6 is 0 Å². The molecule has 2 heterocycles. The average molecular weight is 493 g/mol. The van der Waals surface area contributed by atoms with Crippen LogP contribution in [0, 0.1) is 6.92 Å². The second kappa shape index (κ2) is 9.45. The van der Waals surface area contributed by atoms with Crippen molar-refractivity contribution in [3.05, 3.63) is 94.5 Å². The maximum Gasteiger partial charge on any atom is 0.307 e. The highest BCUT2D eigenvalue weighted by molar-refractivity contribution is 7.89. The summed E-state index contributed by atoms with van der Waals surface area (Å²) in [6.45, 7) is 4.21. The van der Waals surface area contributed by atoms with Gasteiger partial charge in [0.25, 0.3) is 0 Å². The molecule has 182 valence electrons. The van der Waals surface area contributed by atoms with Gasteiger partial charge in [-0.05, 0) is 47.9 Å². The summed E-state index contributed by atoms with van der Waals surface area (Å²) in [5.74, 6) is -0.151. The molecule has 2 aliphatic heterocycles. The third-order valence-corrected chi connectivity index (χ3v) is 8.67. The minimum atomic E-state index is -3.56. The van der Waals surface area contributed by atoms with E-state index in [4.69, 9.17) is 4.74 Å². The Labute approximate surface area is 205 Å². The van der Waals surface area contributed by atoms with Crippen LogP contribution in [-0.4, -0.2) is 54.9 Å². The van der Waals surface area contributed by atoms with Crippen LogP contribution in [0.3, 0.4) is 0 Å². The molecule has 7 nitrogen and oxygen atoms in total. The quantitative estimate of drug-likeness (QED) is 0.586. The van der Waals surface area contributed by atoms with Crippen molar-refractivity contribution >= 4 is 16.0 Å². The second-order valence-corrected chi connectivity index (χ2v) is 11.0. The molecule has 1 N–H and O–H groups in total. The van der Waals surface area contributed by atoms with Gasteiger partial charge in [0.05, 0.1) is 17.4 Å². The number of aliphatic carboxylic acids is 1. The van der Waals surface area contributed by atoms with Gasteiger partial charge in [0.2, 0.25) is 10.0 Å². The van der Waals surface area contributed by atoms with Gasteiger partial charge in [0.15, 0.2) is 0 Å². The predicted molar refractivity (Wildman–Crippen MR) is 132 cm³/mol. The van der Waals surface area contributed by atoms with Crippen molar-refractivity contribution in [1.29, 1.82) is 0 Å². The number of sulfonamides is 1. The molecule has 1 atom stereocenters. The Balaban J connectivity index is 1.46. The van der Waals surface area contributed by atoms with Gasteiger partial charge in [-0.25, -0.2) is 8.42 Å². The normalized spacial score (nSPS) is 18.7. The van der Waals surface area contributed by atoms with Crippen LogP contribution in [0.5, 0.6) is 5.75 Å². The molecule has 1 saturated heterocycles. The Kier molecular flexibility index (Phi) is 6.35. The Morgan fingerprint density at radius 3 is 2.40 bits per heavy atom. The summed E-state index contributed by atoms with van der Waals surface area (Å²) in [6.07, 6.45) is -0.0653. The monoisotopic (exact) mass is 492 g/mol. The molecule has 0 amide bonds. The van der Waals surface area contributed by atoms with E-state index in [0.717, 1.165) is 28.0 Å². The summed E-state index contributed by atoms with van der Waals surface area (Å²) >= 11 is 0. The molecule has 35 heavy (non-hydrogen) atoms. The summed E-state index contributed by atoms with van der Waals surface area (Å²) in [7, 11) is -3.56. The molecule has 8 heteroatoms. The lowest BCUT2D eigenvalue weighted by Crippen LogP contribution is -2.49. The number of ether oxygens (including phenoxy) is 1. The molecular weight excluding hydrogens is 464 g/mol. The number of carboxylic acids is 1. The molecular formula is C27H28N2O5S. The predicted octanol–water partition coefficient (Wildman–Crippen LogP) is 3.61. The Hall–Kier alpha value is -3.20. The Morgan fingerprint density at radius 2 is 1.69 bits per heavy atom. The van der Waals surface area contributed by atoms with Crippen LogP contribution in [0.25, 0.3) is 0 Å². The average Bonchev–Trinajstić information content (AvgIpc) is 3.00. The van der Waals surface area contributed by atoms with E-state index in [1.54, 1.807) is 22.5 Å². The molecule has 0 bridgehead atoms. The first-order valence-electron chi connectivity index (χ1n) is 11.7. The molecule has 3 aromatic carbocycles. The molecule has 0 saturated carbocycles. The maximum absolute atomic E-state index is 13.2. The first-order valence-corrected chi connectivity index (χ1v) is 13.1. The van der Waals surface area contributed by atoms with Gasteiger partial charge in [0, 0.05) is 31.7 Å². The highest BCUT2D eigenvalue weighted by Gasteiger charge is 2.35. The van der Waals surface area contributed by atoms with Gasteiger partial charge < -0.3 is 9.84 Å². The first-order chi connectivity index (χ1) is 16.8. The number of nitrogens with zero attached hydrogens (tertiary/aromatic N) is 2. The third-order valence-electron chi connectivity index (χ3n) is 6.75. The van der Waals surface area contributed by atoms with Crippen LogP contribution in [0.15, 0.2) is 71.6 Å². The number of aryl methyl sites for hydroxylation is 1. The van der Waals surface area contributed by atoms with Crippen molar-refractivity contribution in [3.8, 4) is 5.75 Å². The highest BCUT2D eigenvalue weighted by atomic mass is 32.2. The molecule has 1 fully saturated rings. The standard InChI is InChI=1S/C27H28N2O5S/c1-19-6-9-22(10-7-19)35(32,33)29-14-12-28(13-15-29)27-23-5-3-2-4-21(23)18-34-25-11-8-20(16-24(25)27)17-26(30)31/h2-11,16,27H,12-15,17-18H2,1H3,(H,30,31). The summed E-state index contributed by atoms with van der Waals surface area (Å²) in [4.78, 5) is 13.9. The van der Waals surface area contributed by atoms with Gasteiger partial charge >= 0.3 is 5.97 Å². The lowest BCUT2D eigenvalue weighted by atomic mass is 9.91. The molecule has 0 spiro atoms. The zero-order chi connectivity index (χ0) is 24.6. The van der Waals surface area contributed by atoms with E-state index in [1.165, 1.54) is 0 Å². The van der Waals surface area contributed by atoms with Crippen LogP contribution in [-0.2, 0) is 27.8 Å². The first kappa shape index (κ1) is 23.5. The minimum absolute atomic E-state index is 0.0653. The van der Waals surface area contributed by atoms with Gasteiger partial charge in [-0.15, -0.1) is 0 Å². The van der Waals surface area contributed by atoms with Crippen molar-refractivity contribution in [1.82, 2.24) is 9.21 Å². The van der Waals surface area contributed by atoms with Gasteiger partial charge in [-0.1, -0.05) is 48.0 Å². The van der Waals surface area contributed by atoms with Gasteiger partial charge in [-0.2, -0.15) is 4.31 Å². The summed E-state index contributed by atoms with van der Waals surface area (Å²) in [5.41, 5.74) is 4.83. The number of rotatable bonds is 5. The SMILES string of the molecule is Cc1ccc(S(=O)(=O)N2CCN(C3c4ccccc4COc4ccc(CC(=O)O)cc43)CC2)cc1. The fraction of sp³-hybridized carbons (Fsp3) is 0.296. The van der Waals surface area contributed by atoms with E-state index >= 15 is 0 Å². The topological polar surface area (TPSA) is 87.2 Å². The molecule has 0 aromatic heterocycles. The van der Waals surface area contributed by atoms with Crippen molar-refractivity contribution in [2.45, 2.75) is 30.9 Å². The van der Waals surface area contributed by atoms with Gasteiger partial charge in [0.1, 0.15) is 12.4 Å². The molecule has 1 unspecified atom stereocenters. The van der Waals surface area contributed by atoms with E-state index in [0.29, 0.717) is 43.2 Å². The number of piperazine rings is 1. The van der Waals surface area contributed by atoms with Crippen LogP contribution in [0.1, 0.15) is 33.9 Å². The number of hydrogen-bond acceptors (Lipinski definition) is 5. The second-order valence-electron chi connectivity index (χ2n) is 9.09. The summed E-state index contributed by atoms with van der Waals surface area (Å²) in [6, 6.07) is 20.5. The minimum Gasteiger partial charge on any atom is -0.489 e. The van der Waals surface area contributed by atoms with E-state index in [-0.39, 0.29) is 12.5 Å². The zero-order valence-corrected chi connectivity index (χ0v) is 20.4. The number of hydrogen-bond donors (Lipinski definition) is 1. The van der Waals surface area contributed by atoms with Gasteiger partial charge in [-0.3, -0.25) is 9.69 Å². The summed E-state index contributed by atoms with van der Waals surface area (Å²) in [5, 5.41) is 9.31.